The number of primary amides is 1. The first-order valence-electron chi connectivity index (χ1n) is 10.8. The Labute approximate surface area is 184 Å². The van der Waals surface area contributed by atoms with Gasteiger partial charge in [0.25, 0.3) is 5.91 Å². The Morgan fingerprint density at radius 1 is 1.16 bits per heavy atom. The number of nitrogens with zero attached hydrogens (tertiary/aromatic N) is 2. The van der Waals surface area contributed by atoms with Crippen molar-refractivity contribution in [2.75, 3.05) is 26.7 Å². The monoisotopic (exact) mass is 423 g/mol. The summed E-state index contributed by atoms with van der Waals surface area (Å²) in [6.45, 7) is 4.94. The molecule has 4 N–H and O–H groups in total. The molecule has 7 heteroatoms. The van der Waals surface area contributed by atoms with E-state index >= 15 is 0 Å². The molecule has 1 aliphatic rings. The fourth-order valence-corrected chi connectivity index (χ4v) is 3.86. The number of ether oxygens (including phenoxy) is 1. The Morgan fingerprint density at radius 3 is 2.58 bits per heavy atom. The zero-order valence-corrected chi connectivity index (χ0v) is 18.4. The molecule has 1 fully saturated rings. The van der Waals surface area contributed by atoms with Crippen LogP contribution in [-0.4, -0.2) is 55.6 Å². The number of benzene rings is 2. The molecule has 2 unspecified atom stereocenters. The number of hydrogen-bond acceptors (Lipinski definition) is 4. The molecule has 1 saturated heterocycles. The van der Waals surface area contributed by atoms with Gasteiger partial charge in [-0.1, -0.05) is 42.5 Å². The van der Waals surface area contributed by atoms with Crippen molar-refractivity contribution in [1.29, 1.82) is 0 Å². The van der Waals surface area contributed by atoms with Crippen LogP contribution in [0.4, 0.5) is 0 Å². The number of carbonyl (C=O) groups is 1. The summed E-state index contributed by atoms with van der Waals surface area (Å²) in [6, 6.07) is 19.2. The molecule has 0 radical (unpaired) electrons. The van der Waals surface area contributed by atoms with Gasteiger partial charge < -0.3 is 21.1 Å². The minimum Gasteiger partial charge on any atom is -0.484 e. The normalized spacial score (nSPS) is 19.2. The summed E-state index contributed by atoms with van der Waals surface area (Å²) in [5.74, 6) is 0.996. The molecular formula is C24H33N5O2. The molecule has 2 atom stereocenters. The average molecular weight is 424 g/mol. The largest absolute Gasteiger partial charge is 0.484 e. The molecule has 2 aromatic rings. The summed E-state index contributed by atoms with van der Waals surface area (Å²) in [5, 5.41) is 6.97. The van der Waals surface area contributed by atoms with Gasteiger partial charge in [0.2, 0.25) is 0 Å². The quantitative estimate of drug-likeness (QED) is 0.423. The third kappa shape index (κ3) is 7.29. The van der Waals surface area contributed by atoms with Gasteiger partial charge in [0.05, 0.1) is 0 Å². The highest BCUT2D eigenvalue weighted by Gasteiger charge is 2.29. The summed E-state index contributed by atoms with van der Waals surface area (Å²) in [7, 11) is 1.81. The summed E-state index contributed by atoms with van der Waals surface area (Å²) in [4.78, 5) is 17.7. The number of carbonyl (C=O) groups excluding carboxylic acids is 1. The molecule has 1 aliphatic heterocycles. The molecule has 1 heterocycles. The maximum absolute atomic E-state index is 10.8. The molecule has 0 saturated carbocycles. The maximum atomic E-state index is 10.8. The lowest BCUT2D eigenvalue weighted by Crippen LogP contribution is -2.45. The predicted molar refractivity (Wildman–Crippen MR) is 124 cm³/mol. The summed E-state index contributed by atoms with van der Waals surface area (Å²) < 4.78 is 5.29. The van der Waals surface area contributed by atoms with E-state index < -0.39 is 5.91 Å². The number of aliphatic imine (C=N–C) groups is 1. The third-order valence-electron chi connectivity index (χ3n) is 5.51. The SMILES string of the molecule is CN=C(NCCc1ccc(OCC(N)=O)cc1)NC1CC(C)N(Cc2ccccc2)C1. The lowest BCUT2D eigenvalue weighted by molar-refractivity contribution is -0.119. The summed E-state index contributed by atoms with van der Waals surface area (Å²) in [6.07, 6.45) is 1.96. The maximum Gasteiger partial charge on any atom is 0.255 e. The lowest BCUT2D eigenvalue weighted by atomic mass is 10.1. The molecule has 0 aliphatic carbocycles. The Bertz CT molecular complexity index is 854. The molecule has 0 bridgehead atoms. The number of rotatable bonds is 9. The fourth-order valence-electron chi connectivity index (χ4n) is 3.86. The zero-order valence-electron chi connectivity index (χ0n) is 18.4. The Kier molecular flexibility index (Phi) is 8.29. The second kappa shape index (κ2) is 11.4. The van der Waals surface area contributed by atoms with E-state index in [-0.39, 0.29) is 6.61 Å². The van der Waals surface area contributed by atoms with Crippen LogP contribution in [0.5, 0.6) is 5.75 Å². The highest BCUT2D eigenvalue weighted by atomic mass is 16.5. The van der Waals surface area contributed by atoms with Crippen molar-refractivity contribution in [2.45, 2.75) is 38.4 Å². The molecule has 2 aromatic carbocycles. The molecule has 7 nitrogen and oxygen atoms in total. The molecule has 1 amide bonds. The van der Waals surface area contributed by atoms with Crippen LogP contribution >= 0.6 is 0 Å². The predicted octanol–water partition coefficient (Wildman–Crippen LogP) is 1.92. The lowest BCUT2D eigenvalue weighted by Gasteiger charge is -2.21. The van der Waals surface area contributed by atoms with Crippen LogP contribution in [0.15, 0.2) is 59.6 Å². The van der Waals surface area contributed by atoms with Crippen molar-refractivity contribution in [2.24, 2.45) is 10.7 Å². The van der Waals surface area contributed by atoms with Crippen molar-refractivity contribution in [3.05, 3.63) is 65.7 Å². The van der Waals surface area contributed by atoms with Crippen molar-refractivity contribution < 1.29 is 9.53 Å². The van der Waals surface area contributed by atoms with Gasteiger partial charge in [-0.05, 0) is 43.0 Å². The van der Waals surface area contributed by atoms with E-state index in [1.54, 1.807) is 7.05 Å². The molecule has 166 valence electrons. The first-order chi connectivity index (χ1) is 15.0. The second-order valence-corrected chi connectivity index (χ2v) is 7.99. The van der Waals surface area contributed by atoms with E-state index in [4.69, 9.17) is 10.5 Å². The van der Waals surface area contributed by atoms with Gasteiger partial charge in [0.15, 0.2) is 12.6 Å². The van der Waals surface area contributed by atoms with Gasteiger partial charge >= 0.3 is 0 Å². The summed E-state index contributed by atoms with van der Waals surface area (Å²) in [5.41, 5.74) is 7.62. The molecular weight excluding hydrogens is 390 g/mol. The van der Waals surface area contributed by atoms with Crippen molar-refractivity contribution in [3.63, 3.8) is 0 Å². The standard InChI is InChI=1S/C24H33N5O2/c1-18-14-21(16-29(18)15-20-6-4-3-5-7-20)28-24(26-2)27-13-12-19-8-10-22(11-9-19)31-17-23(25)30/h3-11,18,21H,12-17H2,1-2H3,(H2,25,30)(H2,26,27,28). The van der Waals surface area contributed by atoms with Crippen molar-refractivity contribution in [1.82, 2.24) is 15.5 Å². The molecule has 0 aromatic heterocycles. The first-order valence-corrected chi connectivity index (χ1v) is 10.8. The number of likely N-dealkylation sites (tertiary alicyclic amines) is 1. The van der Waals surface area contributed by atoms with Crippen LogP contribution < -0.4 is 21.1 Å². The Hall–Kier alpha value is -3.06. The number of amides is 1. The summed E-state index contributed by atoms with van der Waals surface area (Å²) >= 11 is 0. The highest BCUT2D eigenvalue weighted by Crippen LogP contribution is 2.20. The fraction of sp³-hybridized carbons (Fsp3) is 0.417. The van der Waals surface area contributed by atoms with Crippen LogP contribution in [-0.2, 0) is 17.8 Å². The molecule has 31 heavy (non-hydrogen) atoms. The van der Waals surface area contributed by atoms with E-state index in [0.717, 1.165) is 38.4 Å². The first kappa shape index (κ1) is 22.6. The van der Waals surface area contributed by atoms with E-state index in [0.29, 0.717) is 17.8 Å². The average Bonchev–Trinajstić information content (AvgIpc) is 3.11. The van der Waals surface area contributed by atoms with Gasteiger partial charge in [-0.25, -0.2) is 0 Å². The van der Waals surface area contributed by atoms with Gasteiger partial charge in [0, 0.05) is 38.8 Å². The van der Waals surface area contributed by atoms with Crippen LogP contribution in [0.25, 0.3) is 0 Å². The van der Waals surface area contributed by atoms with E-state index in [2.05, 4.69) is 57.8 Å². The zero-order chi connectivity index (χ0) is 22.1. The van der Waals surface area contributed by atoms with E-state index in [9.17, 15) is 4.79 Å². The van der Waals surface area contributed by atoms with Gasteiger partial charge in [-0.3, -0.25) is 14.7 Å². The minimum absolute atomic E-state index is 0.106. The number of nitrogens with two attached hydrogens (primary N) is 1. The third-order valence-corrected chi connectivity index (χ3v) is 5.51. The Balaban J connectivity index is 1.41. The second-order valence-electron chi connectivity index (χ2n) is 7.99. The topological polar surface area (TPSA) is 92.0 Å². The van der Waals surface area contributed by atoms with E-state index in [1.807, 2.05) is 24.3 Å². The number of nitrogens with one attached hydrogen (secondary N) is 2. The minimum atomic E-state index is -0.480. The highest BCUT2D eigenvalue weighted by molar-refractivity contribution is 5.80. The van der Waals surface area contributed by atoms with Gasteiger partial charge in [-0.2, -0.15) is 0 Å². The van der Waals surface area contributed by atoms with Crippen LogP contribution in [0.2, 0.25) is 0 Å². The number of hydrogen-bond donors (Lipinski definition) is 3. The van der Waals surface area contributed by atoms with Crippen LogP contribution in [0.3, 0.4) is 0 Å². The van der Waals surface area contributed by atoms with Crippen LogP contribution in [0, 0.1) is 0 Å². The Morgan fingerprint density at radius 2 is 1.90 bits per heavy atom. The molecule has 3 rings (SSSR count). The van der Waals surface area contributed by atoms with Crippen LogP contribution in [0.1, 0.15) is 24.5 Å². The molecule has 0 spiro atoms. The van der Waals surface area contributed by atoms with Crippen molar-refractivity contribution >= 4 is 11.9 Å². The van der Waals surface area contributed by atoms with Gasteiger partial charge in [-0.15, -0.1) is 0 Å². The van der Waals surface area contributed by atoms with Crippen molar-refractivity contribution in [3.8, 4) is 5.75 Å². The van der Waals surface area contributed by atoms with E-state index in [1.165, 1.54) is 11.1 Å². The smallest absolute Gasteiger partial charge is 0.255 e. The van der Waals surface area contributed by atoms with Gasteiger partial charge in [0.1, 0.15) is 5.75 Å². The number of guanidine groups is 1.